The van der Waals surface area contributed by atoms with Gasteiger partial charge in [0.25, 0.3) is 5.56 Å². The van der Waals surface area contributed by atoms with Gasteiger partial charge in [0.1, 0.15) is 12.9 Å². The van der Waals surface area contributed by atoms with Crippen LogP contribution in [0.1, 0.15) is 5.56 Å². The van der Waals surface area contributed by atoms with Gasteiger partial charge in [-0.05, 0) is 17.0 Å². The monoisotopic (exact) mass is 410 g/mol. The third-order valence-corrected chi connectivity index (χ3v) is 5.04. The zero-order chi connectivity index (χ0) is 21.2. The van der Waals surface area contributed by atoms with Crippen LogP contribution in [0, 0.1) is 0 Å². The Morgan fingerprint density at radius 2 is 1.71 bits per heavy atom. The second kappa shape index (κ2) is 7.83. The van der Waals surface area contributed by atoms with Gasteiger partial charge < -0.3 is 5.32 Å². The van der Waals surface area contributed by atoms with Crippen LogP contribution < -0.4 is 10.9 Å². The lowest BCUT2D eigenvalue weighted by Gasteiger charge is -2.10. The maximum Gasteiger partial charge on any atom is 0.283 e. The first-order valence-corrected chi connectivity index (χ1v) is 9.79. The average molecular weight is 410 g/mol. The van der Waals surface area contributed by atoms with Crippen molar-refractivity contribution >= 4 is 33.5 Å². The molecule has 0 bridgehead atoms. The van der Waals surface area contributed by atoms with Crippen molar-refractivity contribution in [1.29, 1.82) is 0 Å². The lowest BCUT2D eigenvalue weighted by molar-refractivity contribution is -0.116. The molecule has 1 N–H and O–H groups in total. The zero-order valence-electron chi connectivity index (χ0n) is 16.5. The first-order valence-electron chi connectivity index (χ1n) is 9.79. The number of carbonyl (C=O) groups excluding carboxylic acids is 1. The normalized spacial score (nSPS) is 11.1. The molecule has 0 aliphatic rings. The number of nitrogens with zero attached hydrogens (tertiary/aromatic N) is 5. The zero-order valence-corrected chi connectivity index (χ0v) is 16.5. The lowest BCUT2D eigenvalue weighted by Crippen LogP contribution is -2.28. The summed E-state index contributed by atoms with van der Waals surface area (Å²) < 4.78 is 2.82. The number of carbonyl (C=O) groups is 1. The van der Waals surface area contributed by atoms with E-state index in [0.717, 1.165) is 16.3 Å². The van der Waals surface area contributed by atoms with Crippen molar-refractivity contribution in [3.8, 4) is 0 Å². The van der Waals surface area contributed by atoms with Gasteiger partial charge in [-0.2, -0.15) is 0 Å². The van der Waals surface area contributed by atoms with Crippen LogP contribution in [0.15, 0.2) is 83.9 Å². The van der Waals surface area contributed by atoms with Crippen molar-refractivity contribution in [3.63, 3.8) is 0 Å². The molecular formula is C23H18N6O2. The first-order chi connectivity index (χ1) is 15.2. The molecule has 1 amide bonds. The van der Waals surface area contributed by atoms with E-state index >= 15 is 0 Å². The molecule has 31 heavy (non-hydrogen) atoms. The molecule has 2 heterocycles. The van der Waals surface area contributed by atoms with Crippen molar-refractivity contribution in [3.05, 3.63) is 95.0 Å². The molecule has 152 valence electrons. The van der Waals surface area contributed by atoms with Crippen LogP contribution in [0.2, 0.25) is 0 Å². The number of anilines is 1. The first kappa shape index (κ1) is 18.7. The SMILES string of the molecule is O=C(Cn1cnc2c(nnn2Cc2ccccc2)c1=O)Nc1cccc2ccccc12. The Labute approximate surface area is 176 Å². The molecule has 0 saturated carbocycles. The van der Waals surface area contributed by atoms with Crippen molar-refractivity contribution in [2.75, 3.05) is 5.32 Å². The number of hydrogen-bond acceptors (Lipinski definition) is 5. The summed E-state index contributed by atoms with van der Waals surface area (Å²) >= 11 is 0. The highest BCUT2D eigenvalue weighted by molar-refractivity contribution is 6.02. The van der Waals surface area contributed by atoms with E-state index in [1.54, 1.807) is 4.68 Å². The Hall–Kier alpha value is -4.33. The van der Waals surface area contributed by atoms with Gasteiger partial charge in [-0.25, -0.2) is 9.67 Å². The molecule has 0 fully saturated rings. The Bertz CT molecular complexity index is 1450. The summed E-state index contributed by atoms with van der Waals surface area (Å²) in [7, 11) is 0. The van der Waals surface area contributed by atoms with Gasteiger partial charge in [-0.15, -0.1) is 5.10 Å². The molecule has 0 aliphatic carbocycles. The Kier molecular flexibility index (Phi) is 4.72. The predicted molar refractivity (Wildman–Crippen MR) is 118 cm³/mol. The minimum absolute atomic E-state index is 0.136. The van der Waals surface area contributed by atoms with E-state index in [1.165, 1.54) is 10.9 Å². The summed E-state index contributed by atoms with van der Waals surface area (Å²) in [6, 6.07) is 23.2. The van der Waals surface area contributed by atoms with E-state index in [9.17, 15) is 9.59 Å². The van der Waals surface area contributed by atoms with Crippen LogP contribution in [-0.4, -0.2) is 30.5 Å². The Morgan fingerprint density at radius 3 is 2.58 bits per heavy atom. The van der Waals surface area contributed by atoms with Gasteiger partial charge in [-0.1, -0.05) is 71.9 Å². The quantitative estimate of drug-likeness (QED) is 0.481. The third kappa shape index (κ3) is 3.66. The molecule has 5 rings (SSSR count). The van der Waals surface area contributed by atoms with Crippen LogP contribution in [0.4, 0.5) is 5.69 Å². The van der Waals surface area contributed by atoms with Gasteiger partial charge in [-0.3, -0.25) is 14.2 Å². The molecular weight excluding hydrogens is 392 g/mol. The summed E-state index contributed by atoms with van der Waals surface area (Å²) in [5.41, 5.74) is 1.84. The second-order valence-corrected chi connectivity index (χ2v) is 7.16. The second-order valence-electron chi connectivity index (χ2n) is 7.16. The molecule has 0 atom stereocenters. The number of benzene rings is 3. The van der Waals surface area contributed by atoms with Crippen molar-refractivity contribution in [2.24, 2.45) is 0 Å². The van der Waals surface area contributed by atoms with Crippen molar-refractivity contribution < 1.29 is 4.79 Å². The molecule has 2 aromatic heterocycles. The maximum absolute atomic E-state index is 12.8. The van der Waals surface area contributed by atoms with Crippen molar-refractivity contribution in [2.45, 2.75) is 13.1 Å². The average Bonchev–Trinajstić information content (AvgIpc) is 3.20. The molecule has 8 nitrogen and oxygen atoms in total. The molecule has 0 spiro atoms. The Morgan fingerprint density at radius 1 is 0.935 bits per heavy atom. The largest absolute Gasteiger partial charge is 0.324 e. The van der Waals surface area contributed by atoms with E-state index in [1.807, 2.05) is 72.8 Å². The Balaban J connectivity index is 1.38. The van der Waals surface area contributed by atoms with E-state index < -0.39 is 5.56 Å². The lowest BCUT2D eigenvalue weighted by atomic mass is 10.1. The van der Waals surface area contributed by atoms with Crippen LogP contribution in [0.25, 0.3) is 21.9 Å². The molecule has 8 heteroatoms. The number of hydrogen-bond donors (Lipinski definition) is 1. The van der Waals surface area contributed by atoms with E-state index in [0.29, 0.717) is 17.9 Å². The molecule has 3 aromatic carbocycles. The minimum Gasteiger partial charge on any atom is -0.324 e. The highest BCUT2D eigenvalue weighted by Gasteiger charge is 2.14. The van der Waals surface area contributed by atoms with E-state index in [4.69, 9.17) is 0 Å². The van der Waals surface area contributed by atoms with Gasteiger partial charge in [0, 0.05) is 11.1 Å². The smallest absolute Gasteiger partial charge is 0.283 e. The van der Waals surface area contributed by atoms with Gasteiger partial charge in [0.15, 0.2) is 11.2 Å². The highest BCUT2D eigenvalue weighted by atomic mass is 16.2. The summed E-state index contributed by atoms with van der Waals surface area (Å²) in [5.74, 6) is -0.323. The summed E-state index contributed by atoms with van der Waals surface area (Å²) in [4.78, 5) is 29.8. The number of fused-ring (bicyclic) bond motifs is 2. The summed E-state index contributed by atoms with van der Waals surface area (Å²) in [6.07, 6.45) is 1.36. The van der Waals surface area contributed by atoms with Crippen LogP contribution in [0.3, 0.4) is 0 Å². The fraction of sp³-hybridized carbons (Fsp3) is 0.0870. The van der Waals surface area contributed by atoms with Gasteiger partial charge in [0.05, 0.1) is 6.54 Å². The van der Waals surface area contributed by atoms with Crippen molar-refractivity contribution in [1.82, 2.24) is 24.5 Å². The van der Waals surface area contributed by atoms with Crippen LogP contribution >= 0.6 is 0 Å². The number of amides is 1. The van der Waals surface area contributed by atoms with Crippen LogP contribution in [0.5, 0.6) is 0 Å². The fourth-order valence-electron chi connectivity index (χ4n) is 3.54. The maximum atomic E-state index is 12.8. The van der Waals surface area contributed by atoms with Crippen LogP contribution in [-0.2, 0) is 17.9 Å². The number of rotatable bonds is 5. The minimum atomic E-state index is -0.405. The number of aromatic nitrogens is 5. The van der Waals surface area contributed by atoms with Gasteiger partial charge >= 0.3 is 0 Å². The predicted octanol–water partition coefficient (Wildman–Crippen LogP) is 2.83. The summed E-state index contributed by atoms with van der Waals surface area (Å²) in [6.45, 7) is 0.284. The van der Waals surface area contributed by atoms with E-state index in [-0.39, 0.29) is 18.0 Å². The highest BCUT2D eigenvalue weighted by Crippen LogP contribution is 2.22. The molecule has 0 saturated heterocycles. The van der Waals surface area contributed by atoms with E-state index in [2.05, 4.69) is 20.6 Å². The molecule has 5 aromatic rings. The topological polar surface area (TPSA) is 94.7 Å². The molecule has 0 radical (unpaired) electrons. The molecule has 0 unspecified atom stereocenters. The fourth-order valence-corrected chi connectivity index (χ4v) is 3.54. The number of nitrogens with one attached hydrogen (secondary N) is 1. The standard InChI is InChI=1S/C23H18N6O2/c30-20(25-19-12-6-10-17-9-4-5-11-18(17)19)14-28-15-24-22-21(23(28)31)26-27-29(22)13-16-7-2-1-3-8-16/h1-12,15H,13-14H2,(H,25,30). The van der Waals surface area contributed by atoms with Gasteiger partial charge in [0.2, 0.25) is 5.91 Å². The summed E-state index contributed by atoms with van der Waals surface area (Å²) in [5, 5.41) is 12.9. The third-order valence-electron chi connectivity index (χ3n) is 5.04. The molecule has 0 aliphatic heterocycles.